The summed E-state index contributed by atoms with van der Waals surface area (Å²) in [6.07, 6.45) is 12.9. The number of piperidine rings is 1. The first-order valence-electron chi connectivity index (χ1n) is 17.2. The summed E-state index contributed by atoms with van der Waals surface area (Å²) in [7, 11) is 0. The van der Waals surface area contributed by atoms with Crippen molar-refractivity contribution in [3.63, 3.8) is 0 Å². The highest BCUT2D eigenvalue weighted by Crippen LogP contribution is 2.49. The number of benzene rings is 1. The molecule has 3 saturated heterocycles. The van der Waals surface area contributed by atoms with Crippen LogP contribution in [0.15, 0.2) is 18.5 Å². The Balaban J connectivity index is 0.00000166. The van der Waals surface area contributed by atoms with Crippen LogP contribution in [0.4, 0.5) is 10.2 Å². The molecule has 2 N–H and O–H groups in total. The molecule has 11 heteroatoms. The van der Waals surface area contributed by atoms with Gasteiger partial charge in [0.25, 0.3) is 0 Å². The maximum atomic E-state index is 17.0. The molecular formula is C35H45ClFN7O2. The monoisotopic (exact) mass is 649 g/mol. The molecule has 4 aromatic rings. The van der Waals surface area contributed by atoms with Gasteiger partial charge in [-0.25, -0.2) is 4.39 Å². The van der Waals surface area contributed by atoms with Crippen molar-refractivity contribution >= 4 is 39.2 Å². The normalized spacial score (nSPS) is 23.9. The number of aliphatic hydroxyl groups is 1. The van der Waals surface area contributed by atoms with Gasteiger partial charge in [0.15, 0.2) is 5.82 Å². The maximum Gasteiger partial charge on any atom is 0.319 e. The van der Waals surface area contributed by atoms with Crippen LogP contribution in [-0.2, 0) is 6.42 Å². The Labute approximate surface area is 274 Å². The van der Waals surface area contributed by atoms with Crippen molar-refractivity contribution in [3.05, 3.63) is 34.9 Å². The van der Waals surface area contributed by atoms with E-state index in [0.717, 1.165) is 87.6 Å². The molecule has 246 valence electrons. The number of fused-ring (bicyclic) bond motifs is 3. The highest BCUT2D eigenvalue weighted by atomic mass is 35.5. The number of nitrogens with zero attached hydrogens (tertiary/aromatic N) is 6. The second-order valence-corrected chi connectivity index (χ2v) is 14.0. The van der Waals surface area contributed by atoms with Crippen molar-refractivity contribution in [2.45, 2.75) is 96.6 Å². The summed E-state index contributed by atoms with van der Waals surface area (Å²) in [6, 6.07) is 2.06. The smallest absolute Gasteiger partial charge is 0.319 e. The predicted octanol–water partition coefficient (Wildman–Crippen LogP) is 7.09. The van der Waals surface area contributed by atoms with Gasteiger partial charge >= 0.3 is 6.01 Å². The van der Waals surface area contributed by atoms with Crippen molar-refractivity contribution in [1.29, 1.82) is 0 Å². The number of H-pyrrole nitrogens is 1. The molecule has 1 saturated carbocycles. The number of pyridine rings is 1. The Bertz CT molecular complexity index is 1720. The zero-order valence-corrected chi connectivity index (χ0v) is 28.0. The van der Waals surface area contributed by atoms with Gasteiger partial charge in [0.1, 0.15) is 23.6 Å². The lowest BCUT2D eigenvalue weighted by atomic mass is 9.62. The van der Waals surface area contributed by atoms with Crippen molar-refractivity contribution in [2.24, 2.45) is 5.41 Å². The largest absolute Gasteiger partial charge is 0.461 e. The van der Waals surface area contributed by atoms with Crippen molar-refractivity contribution in [2.75, 3.05) is 37.7 Å². The summed E-state index contributed by atoms with van der Waals surface area (Å²) in [6.45, 7) is 10.3. The van der Waals surface area contributed by atoms with Crippen LogP contribution in [0.5, 0.6) is 6.01 Å². The Morgan fingerprint density at radius 3 is 2.57 bits per heavy atom. The van der Waals surface area contributed by atoms with Gasteiger partial charge in [0.2, 0.25) is 0 Å². The van der Waals surface area contributed by atoms with Crippen molar-refractivity contribution in [1.82, 2.24) is 30.0 Å². The lowest BCUT2D eigenvalue weighted by Crippen LogP contribution is -2.52. The van der Waals surface area contributed by atoms with E-state index in [1.54, 1.807) is 12.4 Å². The van der Waals surface area contributed by atoms with Crippen LogP contribution in [-0.4, -0.2) is 79.6 Å². The molecule has 1 spiro atoms. The molecule has 6 heterocycles. The van der Waals surface area contributed by atoms with E-state index < -0.39 is 5.82 Å². The van der Waals surface area contributed by atoms with Gasteiger partial charge in [-0.05, 0) is 87.9 Å². The molecule has 0 unspecified atom stereocenters. The number of aromatic amines is 1. The van der Waals surface area contributed by atoms with Crippen LogP contribution in [0.1, 0.15) is 84.1 Å². The van der Waals surface area contributed by atoms with Crippen LogP contribution in [0, 0.1) is 11.2 Å². The Morgan fingerprint density at radius 2 is 1.83 bits per heavy atom. The van der Waals surface area contributed by atoms with Crippen LogP contribution >= 0.6 is 11.6 Å². The molecule has 0 atom stereocenters. The number of aromatic nitrogens is 5. The van der Waals surface area contributed by atoms with E-state index in [0.29, 0.717) is 34.8 Å². The molecule has 3 aromatic heterocycles. The molecule has 4 fully saturated rings. The molecular weight excluding hydrogens is 605 g/mol. The van der Waals surface area contributed by atoms with Crippen LogP contribution in [0.2, 0.25) is 5.02 Å². The Hall–Kier alpha value is -3.08. The van der Waals surface area contributed by atoms with Crippen molar-refractivity contribution < 1.29 is 14.2 Å². The molecule has 46 heavy (non-hydrogen) atoms. The third kappa shape index (κ3) is 5.30. The second-order valence-electron chi connectivity index (χ2n) is 13.6. The second kappa shape index (κ2) is 12.5. The highest BCUT2D eigenvalue weighted by molar-refractivity contribution is 6.33. The molecule has 0 amide bonds. The van der Waals surface area contributed by atoms with Crippen LogP contribution < -0.4 is 9.64 Å². The van der Waals surface area contributed by atoms with Gasteiger partial charge < -0.3 is 14.7 Å². The van der Waals surface area contributed by atoms with E-state index in [-0.39, 0.29) is 34.3 Å². The SMILES string of the molecule is CC.CCCc1c(Cl)cc2[nH]ncc2c1-c1ncc2c(N3CCCC4(CC(O)C4)C3)nc(OCC34CCCN3CCC4)nc2c1F. The van der Waals surface area contributed by atoms with E-state index in [9.17, 15) is 5.11 Å². The molecule has 0 radical (unpaired) electrons. The third-order valence-corrected chi connectivity index (χ3v) is 11.1. The number of rotatable bonds is 7. The fourth-order valence-corrected chi connectivity index (χ4v) is 8.99. The van der Waals surface area contributed by atoms with Gasteiger partial charge in [-0.2, -0.15) is 15.1 Å². The number of anilines is 1. The number of nitrogens with one attached hydrogen (secondary N) is 1. The van der Waals surface area contributed by atoms with E-state index >= 15 is 4.39 Å². The number of aliphatic hydroxyl groups excluding tert-OH is 1. The standard InChI is InChI=1S/C33H39ClFN7O2.C2H6/c1-2-6-21-24(34)13-25-22(17-37-40-25)26(21)29-27(35)28-23(16-36-29)30(41-10-3-7-32(18-41)14-20(43)15-32)39-31(38-28)44-19-33-8-4-11-42(33)12-5-9-33;1-2/h13,16-17,20,43H,2-12,14-15,18-19H2,1H3,(H,37,40);1-2H3. The van der Waals surface area contributed by atoms with Crippen molar-refractivity contribution in [3.8, 4) is 17.3 Å². The zero-order chi connectivity index (χ0) is 32.1. The molecule has 9 nitrogen and oxygen atoms in total. The minimum Gasteiger partial charge on any atom is -0.461 e. The lowest BCUT2D eigenvalue weighted by Gasteiger charge is -2.51. The first kappa shape index (κ1) is 31.5. The third-order valence-electron chi connectivity index (χ3n) is 10.8. The lowest BCUT2D eigenvalue weighted by molar-refractivity contribution is -0.0396. The average molecular weight is 650 g/mol. The van der Waals surface area contributed by atoms with Crippen LogP contribution in [0.3, 0.4) is 0 Å². The van der Waals surface area contributed by atoms with Gasteiger partial charge in [-0.1, -0.05) is 38.8 Å². The van der Waals surface area contributed by atoms with E-state index in [1.807, 2.05) is 19.9 Å². The fraction of sp³-hybridized carbons (Fsp3) is 0.600. The minimum atomic E-state index is -0.509. The van der Waals surface area contributed by atoms with Gasteiger partial charge in [0.05, 0.1) is 28.7 Å². The Morgan fingerprint density at radius 1 is 1.07 bits per heavy atom. The quantitative estimate of drug-likeness (QED) is 0.219. The predicted molar refractivity (Wildman–Crippen MR) is 180 cm³/mol. The maximum absolute atomic E-state index is 17.0. The Kier molecular flexibility index (Phi) is 8.57. The minimum absolute atomic E-state index is 0.0143. The van der Waals surface area contributed by atoms with E-state index in [1.165, 1.54) is 12.8 Å². The van der Waals surface area contributed by atoms with Crippen LogP contribution in [0.25, 0.3) is 33.1 Å². The summed E-state index contributed by atoms with van der Waals surface area (Å²) < 4.78 is 23.4. The topological polar surface area (TPSA) is 103 Å². The summed E-state index contributed by atoms with van der Waals surface area (Å²) in [5, 5.41) is 19.3. The van der Waals surface area contributed by atoms with E-state index in [2.05, 4.69) is 26.9 Å². The summed E-state index contributed by atoms with van der Waals surface area (Å²) in [5.74, 6) is 0.148. The summed E-state index contributed by atoms with van der Waals surface area (Å²) >= 11 is 6.75. The molecule has 8 rings (SSSR count). The fourth-order valence-electron chi connectivity index (χ4n) is 8.69. The molecule has 1 aromatic carbocycles. The number of hydrogen-bond donors (Lipinski definition) is 2. The van der Waals surface area contributed by atoms with Gasteiger partial charge in [0, 0.05) is 35.3 Å². The molecule has 3 aliphatic heterocycles. The first-order chi connectivity index (χ1) is 22.4. The average Bonchev–Trinajstić information content (AvgIpc) is 3.78. The highest BCUT2D eigenvalue weighted by Gasteiger charge is 2.47. The summed E-state index contributed by atoms with van der Waals surface area (Å²) in [5.41, 5.74) is 2.73. The summed E-state index contributed by atoms with van der Waals surface area (Å²) in [4.78, 5) is 19.2. The van der Waals surface area contributed by atoms with Gasteiger partial charge in [-0.15, -0.1) is 0 Å². The molecule has 1 aliphatic carbocycles. The number of ether oxygens (including phenoxy) is 1. The van der Waals surface area contributed by atoms with Gasteiger partial charge in [-0.3, -0.25) is 15.0 Å². The number of hydrogen-bond acceptors (Lipinski definition) is 8. The first-order valence-corrected chi connectivity index (χ1v) is 17.6. The van der Waals surface area contributed by atoms with E-state index in [4.69, 9.17) is 31.3 Å². The zero-order valence-electron chi connectivity index (χ0n) is 27.2. The number of halogens is 2. The molecule has 0 bridgehead atoms. The molecule has 4 aliphatic rings.